The zero-order valence-electron chi connectivity index (χ0n) is 21.4. The van der Waals surface area contributed by atoms with Crippen molar-refractivity contribution >= 4 is 23.8 Å². The zero-order chi connectivity index (χ0) is 26.6. The highest BCUT2D eigenvalue weighted by Crippen LogP contribution is 2.38. The van der Waals surface area contributed by atoms with Gasteiger partial charge < -0.3 is 15.4 Å². The van der Waals surface area contributed by atoms with Gasteiger partial charge in [0.2, 0.25) is 0 Å². The van der Waals surface area contributed by atoms with Gasteiger partial charge in [0, 0.05) is 29.1 Å². The van der Waals surface area contributed by atoms with Crippen molar-refractivity contribution in [3.05, 3.63) is 91.0 Å². The molecule has 0 fully saturated rings. The maximum absolute atomic E-state index is 11.9. The van der Waals surface area contributed by atoms with E-state index in [1.54, 1.807) is 18.7 Å². The average molecular weight is 529 g/mol. The minimum absolute atomic E-state index is 0.134. The highest BCUT2D eigenvalue weighted by atomic mass is 32.2. The molecule has 1 aromatic heterocycles. The molecule has 0 radical (unpaired) electrons. The maximum Gasteiger partial charge on any atom is 0.325 e. The Labute approximate surface area is 227 Å². The molecule has 0 unspecified atom stereocenters. The fraction of sp³-hybridized carbons (Fsp3) is 0.233. The van der Waals surface area contributed by atoms with Crippen molar-refractivity contribution in [3.63, 3.8) is 0 Å². The molecule has 4 rings (SSSR count). The van der Waals surface area contributed by atoms with Crippen molar-refractivity contribution in [1.29, 1.82) is 0 Å². The number of hydrogen-bond acceptors (Lipinski definition) is 5. The summed E-state index contributed by atoms with van der Waals surface area (Å²) < 4.78 is 7.05. The number of aromatic nitrogens is 2. The predicted molar refractivity (Wildman–Crippen MR) is 152 cm³/mol. The number of carbonyl (C=O) groups is 2. The maximum atomic E-state index is 11.9. The summed E-state index contributed by atoms with van der Waals surface area (Å²) in [6.45, 7) is 2.41. The van der Waals surface area contributed by atoms with Crippen LogP contribution in [-0.2, 0) is 9.53 Å². The number of unbranched alkanes of at least 4 members (excludes halogenated alkanes) is 1. The molecule has 2 amide bonds. The monoisotopic (exact) mass is 528 g/mol. The van der Waals surface area contributed by atoms with Gasteiger partial charge in [0.05, 0.1) is 18.0 Å². The molecule has 0 aliphatic carbocycles. The van der Waals surface area contributed by atoms with Crippen LogP contribution in [0.4, 0.5) is 4.79 Å². The first kappa shape index (κ1) is 27.0. The normalized spacial score (nSPS) is 10.7. The van der Waals surface area contributed by atoms with E-state index in [-0.39, 0.29) is 12.6 Å². The first-order valence-corrected chi connectivity index (χ1v) is 13.7. The van der Waals surface area contributed by atoms with Gasteiger partial charge >= 0.3 is 12.0 Å². The number of urea groups is 1. The lowest BCUT2D eigenvalue weighted by Gasteiger charge is -2.13. The van der Waals surface area contributed by atoms with Gasteiger partial charge in [-0.3, -0.25) is 9.36 Å². The summed E-state index contributed by atoms with van der Waals surface area (Å²) in [6.07, 6.45) is 1.70. The van der Waals surface area contributed by atoms with E-state index in [4.69, 9.17) is 9.72 Å². The van der Waals surface area contributed by atoms with Crippen LogP contribution in [0.5, 0.6) is 0 Å². The third kappa shape index (κ3) is 7.26. The van der Waals surface area contributed by atoms with Crippen LogP contribution in [0.3, 0.4) is 0 Å². The number of ether oxygens (including phenoxy) is 1. The van der Waals surface area contributed by atoms with Gasteiger partial charge in [-0.1, -0.05) is 90.6 Å². The van der Waals surface area contributed by atoms with E-state index in [0.29, 0.717) is 13.2 Å². The number of nitrogens with zero attached hydrogens (tertiary/aromatic N) is 2. The number of amides is 2. The Morgan fingerprint density at radius 3 is 2.13 bits per heavy atom. The highest BCUT2D eigenvalue weighted by molar-refractivity contribution is 7.99. The second kappa shape index (κ2) is 14.0. The molecule has 0 bridgehead atoms. The Balaban J connectivity index is 1.47. The van der Waals surface area contributed by atoms with Crippen molar-refractivity contribution in [2.75, 3.05) is 25.4 Å². The summed E-state index contributed by atoms with van der Waals surface area (Å²) >= 11 is 1.71. The van der Waals surface area contributed by atoms with E-state index in [0.717, 1.165) is 52.0 Å². The average Bonchev–Trinajstić information content (AvgIpc) is 3.35. The predicted octanol–water partition coefficient (Wildman–Crippen LogP) is 5.94. The molecule has 1 heterocycles. The van der Waals surface area contributed by atoms with Crippen molar-refractivity contribution < 1.29 is 14.3 Å². The molecular weight excluding hydrogens is 496 g/mol. The molecule has 0 aliphatic heterocycles. The third-order valence-corrected chi connectivity index (χ3v) is 6.77. The van der Waals surface area contributed by atoms with Gasteiger partial charge in [-0.15, -0.1) is 0 Å². The van der Waals surface area contributed by atoms with Crippen LogP contribution >= 0.6 is 11.8 Å². The molecular formula is C30H32N4O3S. The Hall–Kier alpha value is -4.04. The van der Waals surface area contributed by atoms with Gasteiger partial charge in [-0.25, -0.2) is 9.78 Å². The first-order valence-electron chi connectivity index (χ1n) is 12.8. The summed E-state index contributed by atoms with van der Waals surface area (Å²) in [5.41, 5.74) is 5.24. The molecule has 0 saturated carbocycles. The van der Waals surface area contributed by atoms with Crippen molar-refractivity contribution in [3.8, 4) is 28.2 Å². The smallest absolute Gasteiger partial charge is 0.325 e. The van der Waals surface area contributed by atoms with Crippen molar-refractivity contribution in [2.45, 2.75) is 24.9 Å². The summed E-state index contributed by atoms with van der Waals surface area (Å²) in [5.74, 6) is 0.399. The fourth-order valence-electron chi connectivity index (χ4n) is 3.99. The standard InChI is InChI=1S/C30H32N4O3S/c1-2-37-26(35)22-32-29(36)31-20-12-13-21-38-30-33-27(23-14-6-3-7-15-23)28(24-16-8-4-9-17-24)34(30)25-18-10-5-11-19-25/h3-11,14-19H,2,12-13,20-22H2,1H3,(H2,31,32,36). The van der Waals surface area contributed by atoms with Gasteiger partial charge in [0.15, 0.2) is 5.16 Å². The van der Waals surface area contributed by atoms with E-state index < -0.39 is 5.97 Å². The Morgan fingerprint density at radius 1 is 0.842 bits per heavy atom. The topological polar surface area (TPSA) is 85.2 Å². The lowest BCUT2D eigenvalue weighted by molar-refractivity contribution is -0.141. The SMILES string of the molecule is CCOC(=O)CNC(=O)NCCCCSc1nc(-c2ccccc2)c(-c2ccccc2)n1-c1ccccc1. The van der Waals surface area contributed by atoms with Gasteiger partial charge in [-0.2, -0.15) is 0 Å². The lowest BCUT2D eigenvalue weighted by atomic mass is 10.0. The molecule has 8 heteroatoms. The van der Waals surface area contributed by atoms with Crippen LogP contribution in [0.25, 0.3) is 28.2 Å². The minimum Gasteiger partial charge on any atom is -0.465 e. The summed E-state index contributed by atoms with van der Waals surface area (Å²) in [5, 5.41) is 6.22. The summed E-state index contributed by atoms with van der Waals surface area (Å²) in [7, 11) is 0. The largest absolute Gasteiger partial charge is 0.465 e. The number of carbonyl (C=O) groups excluding carboxylic acids is 2. The molecule has 3 aromatic carbocycles. The van der Waals surface area contributed by atoms with Crippen LogP contribution < -0.4 is 10.6 Å². The molecule has 196 valence electrons. The molecule has 0 spiro atoms. The van der Waals surface area contributed by atoms with Crippen molar-refractivity contribution in [1.82, 2.24) is 20.2 Å². The second-order valence-electron chi connectivity index (χ2n) is 8.46. The number of esters is 1. The molecule has 4 aromatic rings. The van der Waals surface area contributed by atoms with Crippen LogP contribution in [0.15, 0.2) is 96.2 Å². The van der Waals surface area contributed by atoms with E-state index >= 15 is 0 Å². The summed E-state index contributed by atoms with van der Waals surface area (Å²) in [6, 6.07) is 30.6. The van der Waals surface area contributed by atoms with Crippen LogP contribution in [-0.4, -0.2) is 47.0 Å². The molecule has 0 atom stereocenters. The quantitative estimate of drug-likeness (QED) is 0.135. The minimum atomic E-state index is -0.447. The highest BCUT2D eigenvalue weighted by Gasteiger charge is 2.21. The molecule has 38 heavy (non-hydrogen) atoms. The lowest BCUT2D eigenvalue weighted by Crippen LogP contribution is -2.39. The van der Waals surface area contributed by atoms with Crippen LogP contribution in [0.2, 0.25) is 0 Å². The van der Waals surface area contributed by atoms with Crippen LogP contribution in [0, 0.1) is 0 Å². The van der Waals surface area contributed by atoms with Crippen LogP contribution in [0.1, 0.15) is 19.8 Å². The van der Waals surface area contributed by atoms with Crippen molar-refractivity contribution in [2.24, 2.45) is 0 Å². The number of para-hydroxylation sites is 1. The number of rotatable bonds is 12. The molecule has 7 nitrogen and oxygen atoms in total. The van der Waals surface area contributed by atoms with E-state index in [9.17, 15) is 9.59 Å². The van der Waals surface area contributed by atoms with E-state index in [1.165, 1.54) is 0 Å². The van der Waals surface area contributed by atoms with E-state index in [1.807, 2.05) is 42.5 Å². The van der Waals surface area contributed by atoms with Gasteiger partial charge in [0.1, 0.15) is 6.54 Å². The molecule has 0 saturated heterocycles. The first-order chi connectivity index (χ1) is 18.7. The Bertz CT molecular complexity index is 1310. The number of nitrogens with one attached hydrogen (secondary N) is 2. The molecule has 2 N–H and O–H groups in total. The Kier molecular flexibility index (Phi) is 9.98. The number of thioether (sulfide) groups is 1. The summed E-state index contributed by atoms with van der Waals surface area (Å²) in [4.78, 5) is 28.4. The molecule has 0 aliphatic rings. The van der Waals surface area contributed by atoms with Gasteiger partial charge in [0.25, 0.3) is 0 Å². The fourth-order valence-corrected chi connectivity index (χ4v) is 5.00. The second-order valence-corrected chi connectivity index (χ2v) is 9.53. The third-order valence-electron chi connectivity index (χ3n) is 5.74. The number of imidazole rings is 1. The number of hydrogen-bond donors (Lipinski definition) is 2. The number of benzene rings is 3. The van der Waals surface area contributed by atoms with E-state index in [2.05, 4.69) is 63.7 Å². The Morgan fingerprint density at radius 2 is 1.47 bits per heavy atom. The zero-order valence-corrected chi connectivity index (χ0v) is 22.2. The van der Waals surface area contributed by atoms with Gasteiger partial charge in [-0.05, 0) is 31.9 Å².